The number of thioether (sulfide) groups is 2. The standard InChI is InChI=1S/C17H12FNOS3/c1-22-14-4-2-3-13(10-14)19-16(20)15(23-17(19)21)9-11-5-7-12(18)8-6-11/h2-10H,1H3/b15-9+. The predicted molar refractivity (Wildman–Crippen MR) is 100 cm³/mol. The minimum Gasteiger partial charge on any atom is -0.268 e. The summed E-state index contributed by atoms with van der Waals surface area (Å²) in [4.78, 5) is 15.8. The first kappa shape index (κ1) is 16.2. The van der Waals surface area contributed by atoms with Crippen molar-refractivity contribution in [3.63, 3.8) is 0 Å². The zero-order chi connectivity index (χ0) is 16.4. The molecule has 0 aliphatic carbocycles. The van der Waals surface area contributed by atoms with Crippen molar-refractivity contribution in [1.29, 1.82) is 0 Å². The van der Waals surface area contributed by atoms with Gasteiger partial charge in [0, 0.05) is 4.90 Å². The first-order valence-corrected chi connectivity index (χ1v) is 9.21. The van der Waals surface area contributed by atoms with E-state index < -0.39 is 0 Å². The second kappa shape index (κ2) is 6.86. The van der Waals surface area contributed by atoms with E-state index in [1.807, 2.05) is 30.5 Å². The first-order chi connectivity index (χ1) is 11.1. The quantitative estimate of drug-likeness (QED) is 0.437. The normalized spacial score (nSPS) is 16.4. The highest BCUT2D eigenvalue weighted by molar-refractivity contribution is 8.27. The zero-order valence-electron chi connectivity index (χ0n) is 12.2. The summed E-state index contributed by atoms with van der Waals surface area (Å²) in [5, 5.41) is 0. The second-order valence-corrected chi connectivity index (χ2v) is 7.33. The number of nitrogens with zero attached hydrogens (tertiary/aromatic N) is 1. The highest BCUT2D eigenvalue weighted by Gasteiger charge is 2.33. The lowest BCUT2D eigenvalue weighted by molar-refractivity contribution is -0.113. The number of hydrogen-bond donors (Lipinski definition) is 0. The molecule has 1 aliphatic heterocycles. The van der Waals surface area contributed by atoms with Crippen molar-refractivity contribution in [2.75, 3.05) is 11.2 Å². The van der Waals surface area contributed by atoms with Gasteiger partial charge in [-0.2, -0.15) is 0 Å². The van der Waals surface area contributed by atoms with Crippen LogP contribution in [0.15, 0.2) is 58.3 Å². The van der Waals surface area contributed by atoms with Crippen LogP contribution in [-0.2, 0) is 4.79 Å². The molecule has 0 bridgehead atoms. The molecule has 6 heteroatoms. The van der Waals surface area contributed by atoms with Gasteiger partial charge in [-0.05, 0) is 48.2 Å². The van der Waals surface area contributed by atoms with E-state index in [1.54, 1.807) is 30.0 Å². The van der Waals surface area contributed by atoms with Gasteiger partial charge in [0.2, 0.25) is 0 Å². The molecule has 0 saturated carbocycles. The zero-order valence-corrected chi connectivity index (χ0v) is 14.6. The fraction of sp³-hybridized carbons (Fsp3) is 0.0588. The average Bonchev–Trinajstić information content (AvgIpc) is 2.83. The van der Waals surface area contributed by atoms with E-state index in [1.165, 1.54) is 28.8 Å². The summed E-state index contributed by atoms with van der Waals surface area (Å²) in [6.45, 7) is 0. The second-order valence-electron chi connectivity index (χ2n) is 4.77. The number of carbonyl (C=O) groups is 1. The van der Waals surface area contributed by atoms with Gasteiger partial charge in [0.05, 0.1) is 10.6 Å². The summed E-state index contributed by atoms with van der Waals surface area (Å²) < 4.78 is 13.5. The van der Waals surface area contributed by atoms with Crippen LogP contribution in [0.5, 0.6) is 0 Å². The Hall–Kier alpha value is -1.63. The van der Waals surface area contributed by atoms with Crippen LogP contribution in [0.1, 0.15) is 5.56 Å². The van der Waals surface area contributed by atoms with Gasteiger partial charge in [-0.25, -0.2) is 4.39 Å². The number of amides is 1. The highest BCUT2D eigenvalue weighted by Crippen LogP contribution is 2.36. The Morgan fingerprint density at radius 3 is 2.65 bits per heavy atom. The number of rotatable bonds is 3. The van der Waals surface area contributed by atoms with Crippen molar-refractivity contribution in [3.8, 4) is 0 Å². The Bertz CT molecular complexity index is 802. The maximum absolute atomic E-state index is 13.0. The molecule has 2 aromatic carbocycles. The van der Waals surface area contributed by atoms with Gasteiger partial charge in [0.25, 0.3) is 5.91 Å². The molecular weight excluding hydrogens is 349 g/mol. The summed E-state index contributed by atoms with van der Waals surface area (Å²) in [5.41, 5.74) is 1.53. The fourth-order valence-corrected chi connectivity index (χ4v) is 3.90. The van der Waals surface area contributed by atoms with E-state index >= 15 is 0 Å². The van der Waals surface area contributed by atoms with Crippen molar-refractivity contribution in [3.05, 3.63) is 64.8 Å². The molecule has 1 saturated heterocycles. The van der Waals surface area contributed by atoms with E-state index in [0.29, 0.717) is 9.23 Å². The summed E-state index contributed by atoms with van der Waals surface area (Å²) in [5.74, 6) is -0.453. The number of anilines is 1. The molecule has 116 valence electrons. The van der Waals surface area contributed by atoms with Crippen LogP contribution in [0.3, 0.4) is 0 Å². The molecule has 0 unspecified atom stereocenters. The van der Waals surface area contributed by atoms with Gasteiger partial charge in [0.15, 0.2) is 4.32 Å². The summed E-state index contributed by atoms with van der Waals surface area (Å²) in [6.07, 6.45) is 3.72. The molecule has 0 atom stereocenters. The van der Waals surface area contributed by atoms with Gasteiger partial charge >= 0.3 is 0 Å². The van der Waals surface area contributed by atoms with Crippen molar-refractivity contribution in [1.82, 2.24) is 0 Å². The third kappa shape index (κ3) is 3.49. The van der Waals surface area contributed by atoms with Crippen molar-refractivity contribution in [2.24, 2.45) is 0 Å². The lowest BCUT2D eigenvalue weighted by Gasteiger charge is -2.15. The van der Waals surface area contributed by atoms with Gasteiger partial charge in [-0.3, -0.25) is 9.69 Å². The Morgan fingerprint density at radius 1 is 1.22 bits per heavy atom. The number of benzene rings is 2. The van der Waals surface area contributed by atoms with Gasteiger partial charge in [-0.1, -0.05) is 42.2 Å². The third-order valence-electron chi connectivity index (χ3n) is 3.27. The van der Waals surface area contributed by atoms with E-state index in [4.69, 9.17) is 12.2 Å². The summed E-state index contributed by atoms with van der Waals surface area (Å²) >= 11 is 8.22. The SMILES string of the molecule is CSc1cccc(N2C(=O)/C(=C\c3ccc(F)cc3)SC2=S)c1. The number of hydrogen-bond acceptors (Lipinski definition) is 4. The fourth-order valence-electron chi connectivity index (χ4n) is 2.15. The summed E-state index contributed by atoms with van der Waals surface area (Å²) in [6, 6.07) is 13.7. The van der Waals surface area contributed by atoms with Crippen molar-refractivity contribution >= 4 is 57.7 Å². The van der Waals surface area contributed by atoms with Crippen LogP contribution >= 0.6 is 35.7 Å². The lowest BCUT2D eigenvalue weighted by Crippen LogP contribution is -2.27. The molecule has 23 heavy (non-hydrogen) atoms. The van der Waals surface area contributed by atoms with Crippen LogP contribution in [0.4, 0.5) is 10.1 Å². The number of thiocarbonyl (C=S) groups is 1. The molecule has 0 aromatic heterocycles. The molecule has 2 aromatic rings. The number of carbonyl (C=O) groups excluding carboxylic acids is 1. The third-order valence-corrected chi connectivity index (χ3v) is 5.30. The van der Waals surface area contributed by atoms with Crippen LogP contribution < -0.4 is 4.90 Å². The molecule has 1 aliphatic rings. The Labute approximate surface area is 147 Å². The van der Waals surface area contributed by atoms with Crippen LogP contribution in [0.25, 0.3) is 6.08 Å². The van der Waals surface area contributed by atoms with Crippen LogP contribution in [0.2, 0.25) is 0 Å². The molecule has 0 spiro atoms. The molecule has 1 heterocycles. The predicted octanol–water partition coefficient (Wildman–Crippen LogP) is 4.95. The van der Waals surface area contributed by atoms with E-state index in [0.717, 1.165) is 16.1 Å². The van der Waals surface area contributed by atoms with E-state index in [-0.39, 0.29) is 11.7 Å². The topological polar surface area (TPSA) is 20.3 Å². The van der Waals surface area contributed by atoms with Crippen LogP contribution in [0, 0.1) is 5.82 Å². The molecule has 0 radical (unpaired) electrons. The lowest BCUT2D eigenvalue weighted by atomic mass is 10.2. The number of halogens is 1. The molecule has 1 fully saturated rings. The first-order valence-electron chi connectivity index (χ1n) is 6.76. The maximum Gasteiger partial charge on any atom is 0.270 e. The van der Waals surface area contributed by atoms with Gasteiger partial charge in [0.1, 0.15) is 5.82 Å². The van der Waals surface area contributed by atoms with Crippen LogP contribution in [-0.4, -0.2) is 16.5 Å². The molecule has 2 nitrogen and oxygen atoms in total. The highest BCUT2D eigenvalue weighted by atomic mass is 32.2. The molecule has 0 N–H and O–H groups in total. The minimum atomic E-state index is -0.302. The maximum atomic E-state index is 13.0. The summed E-state index contributed by atoms with van der Waals surface area (Å²) in [7, 11) is 0. The largest absolute Gasteiger partial charge is 0.270 e. The van der Waals surface area contributed by atoms with E-state index in [9.17, 15) is 9.18 Å². The van der Waals surface area contributed by atoms with E-state index in [2.05, 4.69) is 0 Å². The Kier molecular flexibility index (Phi) is 4.84. The van der Waals surface area contributed by atoms with Gasteiger partial charge in [-0.15, -0.1) is 11.8 Å². The van der Waals surface area contributed by atoms with Crippen molar-refractivity contribution in [2.45, 2.75) is 4.90 Å². The Balaban J connectivity index is 1.91. The molecule has 1 amide bonds. The monoisotopic (exact) mass is 361 g/mol. The smallest absolute Gasteiger partial charge is 0.268 e. The molecule has 3 rings (SSSR count). The van der Waals surface area contributed by atoms with Gasteiger partial charge < -0.3 is 0 Å². The average molecular weight is 361 g/mol. The molecular formula is C17H12FNOS3. The van der Waals surface area contributed by atoms with Crippen molar-refractivity contribution < 1.29 is 9.18 Å². The minimum absolute atomic E-state index is 0.150. The Morgan fingerprint density at radius 2 is 1.96 bits per heavy atom.